The first-order chi connectivity index (χ1) is 7.20. The van der Waals surface area contributed by atoms with Crippen molar-refractivity contribution in [1.82, 2.24) is 5.32 Å². The quantitative estimate of drug-likeness (QED) is 0.564. The van der Waals surface area contributed by atoms with Gasteiger partial charge in [-0.1, -0.05) is 26.7 Å². The predicted octanol–water partition coefficient (Wildman–Crippen LogP) is 3.36. The fraction of sp³-hybridized carbons (Fsp3) is 1.00. The minimum absolute atomic E-state index is 0.368. The smallest absolute Gasteiger partial charge is 0.0518 e. The van der Waals surface area contributed by atoms with Crippen molar-refractivity contribution in [2.45, 2.75) is 71.9 Å². The molecule has 0 aliphatic carbocycles. The number of ether oxygens (including phenoxy) is 1. The lowest BCUT2D eigenvalue weighted by Gasteiger charge is -2.16. The molecular weight excluding hydrogens is 186 g/mol. The summed E-state index contributed by atoms with van der Waals surface area (Å²) >= 11 is 0. The van der Waals surface area contributed by atoms with Gasteiger partial charge in [-0.3, -0.25) is 0 Å². The van der Waals surface area contributed by atoms with Crippen LogP contribution in [0.3, 0.4) is 0 Å². The van der Waals surface area contributed by atoms with Gasteiger partial charge in [0.15, 0.2) is 0 Å². The van der Waals surface area contributed by atoms with Crippen LogP contribution in [0.15, 0.2) is 0 Å². The highest BCUT2D eigenvalue weighted by Crippen LogP contribution is 2.03. The van der Waals surface area contributed by atoms with Crippen LogP contribution in [-0.2, 0) is 4.74 Å². The second-order valence-electron chi connectivity index (χ2n) is 4.47. The van der Waals surface area contributed by atoms with Gasteiger partial charge in [-0.05, 0) is 39.7 Å². The molecular formula is C13H29NO. The fourth-order valence-corrected chi connectivity index (χ4v) is 1.60. The van der Waals surface area contributed by atoms with Crippen molar-refractivity contribution in [1.29, 1.82) is 0 Å². The number of nitrogens with one attached hydrogen (secondary N) is 1. The van der Waals surface area contributed by atoms with Gasteiger partial charge in [-0.15, -0.1) is 0 Å². The lowest BCUT2D eigenvalue weighted by molar-refractivity contribution is 0.0766. The Morgan fingerprint density at radius 1 is 1.13 bits per heavy atom. The summed E-state index contributed by atoms with van der Waals surface area (Å²) in [5, 5.41) is 3.60. The molecule has 0 radical (unpaired) electrons. The van der Waals surface area contributed by atoms with Gasteiger partial charge in [0.2, 0.25) is 0 Å². The second-order valence-corrected chi connectivity index (χ2v) is 4.47. The molecule has 1 atom stereocenters. The Bertz CT molecular complexity index is 126. The van der Waals surface area contributed by atoms with Crippen LogP contribution >= 0.6 is 0 Å². The molecule has 92 valence electrons. The average Bonchev–Trinajstić information content (AvgIpc) is 2.21. The SMILES string of the molecule is CCCCC(CC)NCCCOC(C)C. The van der Waals surface area contributed by atoms with E-state index in [4.69, 9.17) is 4.74 Å². The van der Waals surface area contributed by atoms with E-state index in [0.29, 0.717) is 12.1 Å². The predicted molar refractivity (Wildman–Crippen MR) is 67.3 cm³/mol. The Morgan fingerprint density at radius 2 is 1.87 bits per heavy atom. The van der Waals surface area contributed by atoms with Crippen molar-refractivity contribution < 1.29 is 4.74 Å². The van der Waals surface area contributed by atoms with Gasteiger partial charge in [0.25, 0.3) is 0 Å². The monoisotopic (exact) mass is 215 g/mol. The van der Waals surface area contributed by atoms with Crippen LogP contribution in [0, 0.1) is 0 Å². The van der Waals surface area contributed by atoms with E-state index in [1.165, 1.54) is 25.7 Å². The number of unbranched alkanes of at least 4 members (excludes halogenated alkanes) is 1. The molecule has 1 unspecified atom stereocenters. The summed E-state index contributed by atoms with van der Waals surface area (Å²) in [6, 6.07) is 0.712. The second kappa shape index (κ2) is 10.4. The maximum atomic E-state index is 5.50. The molecule has 2 nitrogen and oxygen atoms in total. The molecule has 2 heteroatoms. The fourth-order valence-electron chi connectivity index (χ4n) is 1.60. The third-order valence-electron chi connectivity index (χ3n) is 2.60. The maximum Gasteiger partial charge on any atom is 0.0518 e. The van der Waals surface area contributed by atoms with Crippen molar-refractivity contribution >= 4 is 0 Å². The van der Waals surface area contributed by atoms with Gasteiger partial charge in [0.1, 0.15) is 0 Å². The molecule has 0 aromatic rings. The van der Waals surface area contributed by atoms with Crippen LogP contribution < -0.4 is 5.32 Å². The van der Waals surface area contributed by atoms with Gasteiger partial charge < -0.3 is 10.1 Å². The van der Waals surface area contributed by atoms with E-state index < -0.39 is 0 Å². The van der Waals surface area contributed by atoms with E-state index in [-0.39, 0.29) is 0 Å². The van der Waals surface area contributed by atoms with Crippen LogP contribution in [-0.4, -0.2) is 25.3 Å². The molecule has 0 aliphatic rings. The Labute approximate surface area is 95.8 Å². The Morgan fingerprint density at radius 3 is 2.40 bits per heavy atom. The van der Waals surface area contributed by atoms with E-state index in [0.717, 1.165) is 19.6 Å². The van der Waals surface area contributed by atoms with Crippen LogP contribution in [0.4, 0.5) is 0 Å². The van der Waals surface area contributed by atoms with E-state index in [1.807, 2.05) is 0 Å². The van der Waals surface area contributed by atoms with Crippen molar-refractivity contribution in [3.05, 3.63) is 0 Å². The van der Waals surface area contributed by atoms with Crippen LogP contribution in [0.5, 0.6) is 0 Å². The summed E-state index contributed by atoms with van der Waals surface area (Å²) in [7, 11) is 0. The average molecular weight is 215 g/mol. The first kappa shape index (κ1) is 14.9. The number of hydrogen-bond donors (Lipinski definition) is 1. The Hall–Kier alpha value is -0.0800. The zero-order valence-corrected chi connectivity index (χ0v) is 11.0. The highest BCUT2D eigenvalue weighted by Gasteiger charge is 2.03. The van der Waals surface area contributed by atoms with Crippen LogP contribution in [0.1, 0.15) is 59.8 Å². The lowest BCUT2D eigenvalue weighted by atomic mass is 10.1. The zero-order chi connectivity index (χ0) is 11.5. The van der Waals surface area contributed by atoms with Crippen molar-refractivity contribution in [3.8, 4) is 0 Å². The molecule has 0 aromatic carbocycles. The summed E-state index contributed by atoms with van der Waals surface area (Å²) in [6.07, 6.45) is 6.69. The third kappa shape index (κ3) is 10.2. The minimum atomic E-state index is 0.368. The molecule has 0 aliphatic heterocycles. The molecule has 1 N–H and O–H groups in total. The molecule has 15 heavy (non-hydrogen) atoms. The first-order valence-corrected chi connectivity index (χ1v) is 6.55. The highest BCUT2D eigenvalue weighted by atomic mass is 16.5. The van der Waals surface area contributed by atoms with Crippen molar-refractivity contribution in [2.24, 2.45) is 0 Å². The molecule has 0 heterocycles. The summed E-state index contributed by atoms with van der Waals surface area (Å²) in [5.74, 6) is 0. The third-order valence-corrected chi connectivity index (χ3v) is 2.60. The van der Waals surface area contributed by atoms with E-state index in [1.54, 1.807) is 0 Å². The molecule has 0 rings (SSSR count). The van der Waals surface area contributed by atoms with Gasteiger partial charge in [0.05, 0.1) is 6.10 Å². The Kier molecular flexibility index (Phi) is 10.4. The lowest BCUT2D eigenvalue weighted by Crippen LogP contribution is -2.30. The molecule has 0 saturated carbocycles. The summed E-state index contributed by atoms with van der Waals surface area (Å²) in [4.78, 5) is 0. The maximum absolute atomic E-state index is 5.50. The van der Waals surface area contributed by atoms with Crippen LogP contribution in [0.2, 0.25) is 0 Å². The molecule has 0 aromatic heterocycles. The standard InChI is InChI=1S/C13H29NO/c1-5-7-9-13(6-2)14-10-8-11-15-12(3)4/h12-14H,5-11H2,1-4H3. The highest BCUT2D eigenvalue weighted by molar-refractivity contribution is 4.64. The summed E-state index contributed by atoms with van der Waals surface area (Å²) in [5.41, 5.74) is 0. The Balaban J connectivity index is 3.30. The molecule has 0 spiro atoms. The normalized spacial score (nSPS) is 13.4. The molecule has 0 amide bonds. The molecule has 0 saturated heterocycles. The zero-order valence-electron chi connectivity index (χ0n) is 11.0. The van der Waals surface area contributed by atoms with Gasteiger partial charge >= 0.3 is 0 Å². The number of rotatable bonds is 10. The molecule has 0 bridgehead atoms. The van der Waals surface area contributed by atoms with E-state index in [9.17, 15) is 0 Å². The van der Waals surface area contributed by atoms with E-state index >= 15 is 0 Å². The van der Waals surface area contributed by atoms with Crippen molar-refractivity contribution in [3.63, 3.8) is 0 Å². The topological polar surface area (TPSA) is 21.3 Å². The van der Waals surface area contributed by atoms with Gasteiger partial charge in [-0.25, -0.2) is 0 Å². The van der Waals surface area contributed by atoms with Crippen molar-refractivity contribution in [2.75, 3.05) is 13.2 Å². The first-order valence-electron chi connectivity index (χ1n) is 6.55. The largest absolute Gasteiger partial charge is 0.379 e. The van der Waals surface area contributed by atoms with Gasteiger partial charge in [0, 0.05) is 12.6 Å². The number of hydrogen-bond acceptors (Lipinski definition) is 2. The minimum Gasteiger partial charge on any atom is -0.379 e. The summed E-state index contributed by atoms with van der Waals surface area (Å²) < 4.78 is 5.50. The van der Waals surface area contributed by atoms with Gasteiger partial charge in [-0.2, -0.15) is 0 Å². The van der Waals surface area contributed by atoms with E-state index in [2.05, 4.69) is 33.0 Å². The summed E-state index contributed by atoms with van der Waals surface area (Å²) in [6.45, 7) is 10.7. The molecule has 0 fully saturated rings. The van der Waals surface area contributed by atoms with Crippen LogP contribution in [0.25, 0.3) is 0 Å².